The van der Waals surface area contributed by atoms with Gasteiger partial charge in [0.15, 0.2) is 0 Å². The first-order chi connectivity index (χ1) is 6.63. The Labute approximate surface area is 86.8 Å². The lowest BCUT2D eigenvalue weighted by molar-refractivity contribution is -0.166. The molecule has 0 atom stereocenters. The van der Waals surface area contributed by atoms with Crippen molar-refractivity contribution in [2.24, 2.45) is 5.73 Å². The van der Waals surface area contributed by atoms with Crippen LogP contribution in [0, 0.1) is 0 Å². The summed E-state index contributed by atoms with van der Waals surface area (Å²) in [5.41, 5.74) is 5.87. The number of benzene rings is 1. The van der Waals surface area contributed by atoms with Crippen LogP contribution in [-0.2, 0) is 11.3 Å². The molecule has 0 spiro atoms. The number of hydrogen-bond donors (Lipinski definition) is 2. The van der Waals surface area contributed by atoms with E-state index in [1.165, 1.54) is 0 Å². The van der Waals surface area contributed by atoms with Gasteiger partial charge < -0.3 is 5.73 Å². The summed E-state index contributed by atoms with van der Waals surface area (Å²) in [4.78, 5) is 10.9. The second kappa shape index (κ2) is 4.95. The van der Waals surface area contributed by atoms with Crippen molar-refractivity contribution in [3.05, 3.63) is 34.9 Å². The van der Waals surface area contributed by atoms with Crippen molar-refractivity contribution in [2.45, 2.75) is 6.54 Å². The molecule has 1 aromatic carbocycles. The topological polar surface area (TPSA) is 66.6 Å². The molecule has 1 aromatic rings. The molecule has 3 N–H and O–H groups in total. The van der Waals surface area contributed by atoms with E-state index in [9.17, 15) is 10.0 Å². The summed E-state index contributed by atoms with van der Waals surface area (Å²) in [7, 11) is 0. The van der Waals surface area contributed by atoms with Crippen molar-refractivity contribution in [3.63, 3.8) is 0 Å². The first kappa shape index (κ1) is 11.0. The lowest BCUT2D eigenvalue weighted by Crippen LogP contribution is -2.32. The molecule has 0 aliphatic heterocycles. The Kier molecular flexibility index (Phi) is 3.88. The van der Waals surface area contributed by atoms with Gasteiger partial charge in [0.2, 0.25) is 0 Å². The fourth-order valence-electron chi connectivity index (χ4n) is 0.956. The molecule has 0 aliphatic rings. The van der Waals surface area contributed by atoms with E-state index in [-0.39, 0.29) is 13.1 Å². The van der Waals surface area contributed by atoms with Crippen LogP contribution in [0.2, 0.25) is 5.02 Å². The average molecular weight is 215 g/mol. The van der Waals surface area contributed by atoms with Gasteiger partial charge in [0.25, 0.3) is 5.91 Å². The molecule has 0 unspecified atom stereocenters. The van der Waals surface area contributed by atoms with Gasteiger partial charge in [-0.15, -0.1) is 0 Å². The summed E-state index contributed by atoms with van der Waals surface area (Å²) < 4.78 is 0. The number of hydroxylamine groups is 2. The summed E-state index contributed by atoms with van der Waals surface area (Å²) in [6, 6.07) is 6.85. The SMILES string of the molecule is NCC(=O)N(O)Cc1ccc(Cl)cc1. The first-order valence-corrected chi connectivity index (χ1v) is 4.45. The van der Waals surface area contributed by atoms with Crippen molar-refractivity contribution in [1.82, 2.24) is 5.06 Å². The summed E-state index contributed by atoms with van der Waals surface area (Å²) in [5.74, 6) is -0.514. The molecule has 0 radical (unpaired) electrons. The van der Waals surface area contributed by atoms with Crippen LogP contribution < -0.4 is 5.73 Å². The summed E-state index contributed by atoms with van der Waals surface area (Å²) in [6.07, 6.45) is 0. The van der Waals surface area contributed by atoms with Gasteiger partial charge in [0, 0.05) is 5.02 Å². The number of carbonyl (C=O) groups excluding carboxylic acids is 1. The molecule has 5 heteroatoms. The molecule has 14 heavy (non-hydrogen) atoms. The van der Waals surface area contributed by atoms with Gasteiger partial charge in [0.05, 0.1) is 13.1 Å². The van der Waals surface area contributed by atoms with Crippen molar-refractivity contribution in [3.8, 4) is 0 Å². The molecular weight excluding hydrogens is 204 g/mol. The minimum atomic E-state index is -0.514. The Bertz CT molecular complexity index is 313. The molecular formula is C9H11ClN2O2. The standard InChI is InChI=1S/C9H11ClN2O2/c10-8-3-1-7(2-4-8)6-12(14)9(13)5-11/h1-4,14H,5-6,11H2. The Hall–Kier alpha value is -1.10. The Morgan fingerprint density at radius 2 is 2.00 bits per heavy atom. The van der Waals surface area contributed by atoms with Crippen LogP contribution in [0.3, 0.4) is 0 Å². The van der Waals surface area contributed by atoms with E-state index in [2.05, 4.69) is 0 Å². The van der Waals surface area contributed by atoms with Crippen LogP contribution in [-0.4, -0.2) is 22.7 Å². The Morgan fingerprint density at radius 3 is 2.50 bits per heavy atom. The molecule has 0 fully saturated rings. The molecule has 0 aromatic heterocycles. The van der Waals surface area contributed by atoms with Gasteiger partial charge in [-0.25, -0.2) is 5.06 Å². The Morgan fingerprint density at radius 1 is 1.43 bits per heavy atom. The fraction of sp³-hybridized carbons (Fsp3) is 0.222. The summed E-state index contributed by atoms with van der Waals surface area (Å²) >= 11 is 5.68. The third-order valence-corrected chi connectivity index (χ3v) is 1.96. The highest BCUT2D eigenvalue weighted by atomic mass is 35.5. The monoisotopic (exact) mass is 214 g/mol. The number of nitrogens with zero attached hydrogens (tertiary/aromatic N) is 1. The lowest BCUT2D eigenvalue weighted by Gasteiger charge is -2.13. The second-order valence-corrected chi connectivity index (χ2v) is 3.22. The number of carbonyl (C=O) groups is 1. The highest BCUT2D eigenvalue weighted by Gasteiger charge is 2.08. The maximum Gasteiger partial charge on any atom is 0.259 e. The molecule has 76 valence electrons. The van der Waals surface area contributed by atoms with Gasteiger partial charge in [-0.05, 0) is 17.7 Å². The molecule has 0 aliphatic carbocycles. The van der Waals surface area contributed by atoms with Gasteiger partial charge in [-0.3, -0.25) is 10.0 Å². The molecule has 0 saturated carbocycles. The minimum Gasteiger partial charge on any atom is -0.322 e. The summed E-state index contributed by atoms with van der Waals surface area (Å²) in [6.45, 7) is -0.0860. The zero-order valence-corrected chi connectivity index (χ0v) is 8.24. The van der Waals surface area contributed by atoms with Gasteiger partial charge >= 0.3 is 0 Å². The van der Waals surface area contributed by atoms with E-state index in [0.29, 0.717) is 10.1 Å². The zero-order valence-electron chi connectivity index (χ0n) is 7.48. The lowest BCUT2D eigenvalue weighted by atomic mass is 10.2. The highest BCUT2D eigenvalue weighted by Crippen LogP contribution is 2.10. The van der Waals surface area contributed by atoms with Gasteiger partial charge in [-0.2, -0.15) is 0 Å². The average Bonchev–Trinajstić information content (AvgIpc) is 2.20. The third-order valence-electron chi connectivity index (χ3n) is 1.71. The van der Waals surface area contributed by atoms with Crippen LogP contribution in [0.1, 0.15) is 5.56 Å². The van der Waals surface area contributed by atoms with Crippen LogP contribution >= 0.6 is 11.6 Å². The number of nitrogens with two attached hydrogens (primary N) is 1. The number of amides is 1. The van der Waals surface area contributed by atoms with Crippen molar-refractivity contribution >= 4 is 17.5 Å². The van der Waals surface area contributed by atoms with E-state index in [1.807, 2.05) is 0 Å². The second-order valence-electron chi connectivity index (χ2n) is 2.78. The van der Waals surface area contributed by atoms with Crippen molar-refractivity contribution in [2.75, 3.05) is 6.54 Å². The maximum absolute atomic E-state index is 10.9. The quantitative estimate of drug-likeness (QED) is 0.583. The van der Waals surface area contributed by atoms with Gasteiger partial charge in [-0.1, -0.05) is 23.7 Å². The number of rotatable bonds is 3. The molecule has 4 nitrogen and oxygen atoms in total. The predicted molar refractivity (Wildman–Crippen MR) is 52.8 cm³/mol. The van der Waals surface area contributed by atoms with Crippen molar-refractivity contribution in [1.29, 1.82) is 0 Å². The van der Waals surface area contributed by atoms with E-state index < -0.39 is 5.91 Å². The van der Waals surface area contributed by atoms with E-state index in [0.717, 1.165) is 5.56 Å². The van der Waals surface area contributed by atoms with E-state index in [1.54, 1.807) is 24.3 Å². The van der Waals surface area contributed by atoms with E-state index in [4.69, 9.17) is 17.3 Å². The normalized spacial score (nSPS) is 9.93. The maximum atomic E-state index is 10.9. The van der Waals surface area contributed by atoms with Crippen LogP contribution in [0.15, 0.2) is 24.3 Å². The molecule has 0 bridgehead atoms. The van der Waals surface area contributed by atoms with E-state index >= 15 is 0 Å². The predicted octanol–water partition coefficient (Wildman–Crippen LogP) is 1.02. The third kappa shape index (κ3) is 2.99. The van der Waals surface area contributed by atoms with Crippen LogP contribution in [0.4, 0.5) is 0 Å². The molecule has 1 amide bonds. The van der Waals surface area contributed by atoms with Gasteiger partial charge in [0.1, 0.15) is 0 Å². The molecule has 0 heterocycles. The van der Waals surface area contributed by atoms with Crippen LogP contribution in [0.5, 0.6) is 0 Å². The highest BCUT2D eigenvalue weighted by molar-refractivity contribution is 6.30. The zero-order chi connectivity index (χ0) is 10.6. The molecule has 0 saturated heterocycles. The van der Waals surface area contributed by atoms with Crippen LogP contribution in [0.25, 0.3) is 0 Å². The smallest absolute Gasteiger partial charge is 0.259 e. The first-order valence-electron chi connectivity index (χ1n) is 4.07. The number of hydrogen-bond acceptors (Lipinski definition) is 3. The minimum absolute atomic E-state index is 0.118. The number of halogens is 1. The largest absolute Gasteiger partial charge is 0.322 e. The summed E-state index contributed by atoms with van der Waals surface area (Å²) in [5, 5.41) is 10.4. The van der Waals surface area contributed by atoms with Crippen molar-refractivity contribution < 1.29 is 10.0 Å². The fourth-order valence-corrected chi connectivity index (χ4v) is 1.08. The Balaban J connectivity index is 2.60. The molecule has 1 rings (SSSR count).